The summed E-state index contributed by atoms with van der Waals surface area (Å²) in [5, 5.41) is 3.12. The number of hydrogen-bond acceptors (Lipinski definition) is 7. The molecule has 0 radical (unpaired) electrons. The first-order valence-corrected chi connectivity index (χ1v) is 12.6. The van der Waals surface area contributed by atoms with Gasteiger partial charge in [-0.05, 0) is 71.1 Å². The van der Waals surface area contributed by atoms with E-state index in [1.807, 2.05) is 30.1 Å². The quantitative estimate of drug-likeness (QED) is 0.535. The first kappa shape index (κ1) is 24.4. The lowest BCUT2D eigenvalue weighted by Crippen LogP contribution is -2.43. The van der Waals surface area contributed by atoms with Crippen molar-refractivity contribution in [2.45, 2.75) is 38.6 Å². The van der Waals surface area contributed by atoms with Crippen LogP contribution in [0.2, 0.25) is 0 Å². The maximum Gasteiger partial charge on any atom is 0.227 e. The summed E-state index contributed by atoms with van der Waals surface area (Å²) in [5.41, 5.74) is 3.51. The van der Waals surface area contributed by atoms with Crippen molar-refractivity contribution < 1.29 is 8.78 Å². The number of hydrogen-bond donors (Lipinski definition) is 1. The van der Waals surface area contributed by atoms with E-state index in [9.17, 15) is 4.39 Å². The molecule has 0 atom stereocenters. The largest absolute Gasteiger partial charge is 0.369 e. The van der Waals surface area contributed by atoms with E-state index in [1.165, 1.54) is 6.07 Å². The van der Waals surface area contributed by atoms with Gasteiger partial charge in [0.05, 0.1) is 29.5 Å². The van der Waals surface area contributed by atoms with Crippen LogP contribution in [0.5, 0.6) is 0 Å². The summed E-state index contributed by atoms with van der Waals surface area (Å²) >= 11 is 0. The molecular weight excluding hydrogens is 460 g/mol. The van der Waals surface area contributed by atoms with Crippen LogP contribution in [0.25, 0.3) is 11.3 Å². The van der Waals surface area contributed by atoms with Crippen LogP contribution in [0.15, 0.2) is 36.7 Å². The molecule has 0 aliphatic carbocycles. The maximum absolute atomic E-state index is 15.2. The third-order valence-electron chi connectivity index (χ3n) is 7.23. The first-order valence-electron chi connectivity index (χ1n) is 12.6. The second kappa shape index (κ2) is 9.97. The number of halogens is 2. The Labute approximate surface area is 211 Å². The van der Waals surface area contributed by atoms with E-state index >= 15 is 4.39 Å². The molecule has 1 N–H and O–H groups in total. The molecule has 5 rings (SSSR count). The summed E-state index contributed by atoms with van der Waals surface area (Å²) in [6.45, 7) is 7.78. The number of anilines is 4. The van der Waals surface area contributed by atoms with Crippen molar-refractivity contribution in [3.05, 3.63) is 54.0 Å². The van der Waals surface area contributed by atoms with Crippen LogP contribution in [0, 0.1) is 11.6 Å². The van der Waals surface area contributed by atoms with Gasteiger partial charge in [0.1, 0.15) is 11.5 Å². The third kappa shape index (κ3) is 4.84. The van der Waals surface area contributed by atoms with E-state index in [2.05, 4.69) is 51.0 Å². The summed E-state index contributed by atoms with van der Waals surface area (Å²) < 4.78 is 30.1. The number of piperidine rings is 1. The van der Waals surface area contributed by atoms with Crippen LogP contribution in [-0.2, 0) is 0 Å². The number of nitrogens with one attached hydrogen (secondary N) is 1. The highest BCUT2D eigenvalue weighted by molar-refractivity contribution is 5.80. The molecule has 190 valence electrons. The zero-order valence-electron chi connectivity index (χ0n) is 21.3. The Morgan fingerprint density at radius 3 is 2.42 bits per heavy atom. The van der Waals surface area contributed by atoms with Gasteiger partial charge in [0.25, 0.3) is 0 Å². The second-order valence-corrected chi connectivity index (χ2v) is 10.1. The lowest BCUT2D eigenvalue weighted by Gasteiger charge is -2.39. The first-order chi connectivity index (χ1) is 17.3. The molecule has 36 heavy (non-hydrogen) atoms. The number of pyridine rings is 1. The van der Waals surface area contributed by atoms with Crippen LogP contribution in [0.3, 0.4) is 0 Å². The minimum atomic E-state index is -0.601. The topological polar surface area (TPSA) is 60.4 Å². The predicted octanol–water partition coefficient (Wildman–Crippen LogP) is 5.03. The van der Waals surface area contributed by atoms with Crippen molar-refractivity contribution in [2.24, 2.45) is 0 Å². The van der Waals surface area contributed by atoms with Crippen LogP contribution in [0.4, 0.5) is 31.8 Å². The summed E-state index contributed by atoms with van der Waals surface area (Å²) in [7, 11) is 4.02. The van der Waals surface area contributed by atoms with Gasteiger partial charge in [0, 0.05) is 43.4 Å². The van der Waals surface area contributed by atoms with Gasteiger partial charge in [-0.3, -0.25) is 4.98 Å². The van der Waals surface area contributed by atoms with Gasteiger partial charge >= 0.3 is 0 Å². The highest BCUT2D eigenvalue weighted by Gasteiger charge is 2.27. The third-order valence-corrected chi connectivity index (χ3v) is 7.23. The van der Waals surface area contributed by atoms with Crippen molar-refractivity contribution in [1.82, 2.24) is 19.9 Å². The van der Waals surface area contributed by atoms with Gasteiger partial charge in [-0.1, -0.05) is 0 Å². The maximum atomic E-state index is 15.2. The predicted molar refractivity (Wildman–Crippen MR) is 140 cm³/mol. The number of likely N-dealkylation sites (N-methyl/N-ethyl adjacent to an activating group) is 1. The number of fused-ring (bicyclic) bond motifs is 1. The molecule has 0 spiro atoms. The van der Waals surface area contributed by atoms with E-state index in [0.29, 0.717) is 22.9 Å². The molecule has 0 saturated carbocycles. The highest BCUT2D eigenvalue weighted by atomic mass is 19.1. The molecule has 9 heteroatoms. The minimum Gasteiger partial charge on any atom is -0.369 e. The average molecular weight is 494 g/mol. The Balaban J connectivity index is 1.41. The van der Waals surface area contributed by atoms with E-state index in [0.717, 1.165) is 56.6 Å². The molecule has 2 aliphatic rings. The SMILES string of the molecule is CC(C)N1CCN(C)c2c(F)cc(-c3nc(Nc4ccc(C5CCN(C)CC5)nc4)ncc3F)cc21. The average Bonchev–Trinajstić information content (AvgIpc) is 2.86. The molecule has 1 fully saturated rings. The lowest BCUT2D eigenvalue weighted by atomic mass is 9.93. The molecular formula is C27H33F2N7. The molecule has 2 aromatic heterocycles. The van der Waals surface area contributed by atoms with Gasteiger partial charge in [-0.2, -0.15) is 0 Å². The monoisotopic (exact) mass is 493 g/mol. The summed E-state index contributed by atoms with van der Waals surface area (Å²) in [4.78, 5) is 19.5. The van der Waals surface area contributed by atoms with Crippen molar-refractivity contribution in [3.63, 3.8) is 0 Å². The van der Waals surface area contributed by atoms with Crippen molar-refractivity contribution in [1.29, 1.82) is 0 Å². The summed E-state index contributed by atoms with van der Waals surface area (Å²) in [6, 6.07) is 7.33. The van der Waals surface area contributed by atoms with Crippen LogP contribution >= 0.6 is 0 Å². The molecule has 0 bridgehead atoms. The molecule has 7 nitrogen and oxygen atoms in total. The normalized spacial score (nSPS) is 17.0. The second-order valence-electron chi connectivity index (χ2n) is 10.1. The molecule has 3 aromatic rings. The fraction of sp³-hybridized carbons (Fsp3) is 0.444. The Kier molecular flexibility index (Phi) is 6.75. The number of aromatic nitrogens is 3. The van der Waals surface area contributed by atoms with E-state index in [4.69, 9.17) is 0 Å². The highest BCUT2D eigenvalue weighted by Crippen LogP contribution is 2.39. The van der Waals surface area contributed by atoms with Crippen LogP contribution < -0.4 is 15.1 Å². The molecule has 0 amide bonds. The van der Waals surface area contributed by atoms with Gasteiger partial charge in [0.15, 0.2) is 5.82 Å². The van der Waals surface area contributed by atoms with Crippen LogP contribution in [0.1, 0.15) is 38.3 Å². The van der Waals surface area contributed by atoms with Crippen molar-refractivity contribution in [2.75, 3.05) is 55.4 Å². The number of benzene rings is 1. The Hall–Kier alpha value is -3.33. The molecule has 1 saturated heterocycles. The lowest BCUT2D eigenvalue weighted by molar-refractivity contribution is 0.253. The zero-order valence-corrected chi connectivity index (χ0v) is 21.3. The van der Waals surface area contributed by atoms with Gasteiger partial charge in [-0.15, -0.1) is 0 Å². The Bertz CT molecular complexity index is 1220. The summed E-state index contributed by atoms with van der Waals surface area (Å²) in [6.07, 6.45) is 5.08. The molecule has 1 aromatic carbocycles. The fourth-order valence-corrected chi connectivity index (χ4v) is 5.13. The van der Waals surface area contributed by atoms with Crippen molar-refractivity contribution >= 4 is 23.0 Å². The van der Waals surface area contributed by atoms with Crippen molar-refractivity contribution in [3.8, 4) is 11.3 Å². The van der Waals surface area contributed by atoms with Gasteiger partial charge < -0.3 is 20.0 Å². The fourth-order valence-electron chi connectivity index (χ4n) is 5.13. The van der Waals surface area contributed by atoms with Gasteiger partial charge in [-0.25, -0.2) is 18.7 Å². The zero-order chi connectivity index (χ0) is 25.4. The molecule has 0 unspecified atom stereocenters. The van der Waals surface area contributed by atoms with E-state index < -0.39 is 11.6 Å². The summed E-state index contributed by atoms with van der Waals surface area (Å²) in [5.74, 6) is -0.295. The minimum absolute atomic E-state index is 0.0574. The molecule has 2 aliphatic heterocycles. The van der Waals surface area contributed by atoms with E-state index in [-0.39, 0.29) is 17.7 Å². The Morgan fingerprint density at radius 2 is 1.72 bits per heavy atom. The standard InChI is InChI=1S/C27H33F2N7/c1-17(2)36-12-11-35(4)26-21(28)13-19(14-24(26)36)25-22(29)16-31-27(33-25)32-20-5-6-23(30-15-20)18-7-9-34(3)10-8-18/h5-6,13-18H,7-12H2,1-4H3,(H,31,32,33). The van der Waals surface area contributed by atoms with E-state index in [1.54, 1.807) is 6.20 Å². The van der Waals surface area contributed by atoms with Gasteiger partial charge in [0.2, 0.25) is 5.95 Å². The number of nitrogens with zero attached hydrogens (tertiary/aromatic N) is 6. The smallest absolute Gasteiger partial charge is 0.227 e. The Morgan fingerprint density at radius 1 is 0.944 bits per heavy atom. The molecule has 4 heterocycles. The number of likely N-dealkylation sites (tertiary alicyclic amines) is 1. The number of rotatable bonds is 5. The van der Waals surface area contributed by atoms with Crippen LogP contribution in [-0.4, -0.2) is 66.2 Å².